The third-order valence-corrected chi connectivity index (χ3v) is 4.53. The van der Waals surface area contributed by atoms with E-state index in [9.17, 15) is 9.59 Å². The number of methoxy groups -OCH3 is 1. The Morgan fingerprint density at radius 3 is 2.60 bits per heavy atom. The maximum atomic E-state index is 12.5. The Labute approximate surface area is 151 Å². The molecule has 5 nitrogen and oxygen atoms in total. The van der Waals surface area contributed by atoms with Gasteiger partial charge in [0.2, 0.25) is 0 Å². The van der Waals surface area contributed by atoms with Crippen LogP contribution in [0, 0.1) is 0 Å². The zero-order chi connectivity index (χ0) is 18.1. The number of nitrogens with one attached hydrogen (secondary N) is 1. The summed E-state index contributed by atoms with van der Waals surface area (Å²) in [4.78, 5) is 23.0. The molecule has 2 aromatic rings. The number of rotatable bonds is 9. The van der Waals surface area contributed by atoms with E-state index >= 15 is 0 Å². The fraction of sp³-hybridized carbons (Fsp3) is 0.263. The second-order valence-electron chi connectivity index (χ2n) is 5.41. The van der Waals surface area contributed by atoms with Crippen molar-refractivity contribution >= 4 is 29.3 Å². The van der Waals surface area contributed by atoms with Gasteiger partial charge in [-0.05, 0) is 23.3 Å². The molecule has 132 valence electrons. The number of benzene rings is 2. The van der Waals surface area contributed by atoms with Crippen LogP contribution in [-0.2, 0) is 20.1 Å². The second kappa shape index (κ2) is 9.86. The van der Waals surface area contributed by atoms with Crippen molar-refractivity contribution in [1.29, 1.82) is 0 Å². The maximum absolute atomic E-state index is 12.5. The highest BCUT2D eigenvalue weighted by molar-refractivity contribution is 7.98. The van der Waals surface area contributed by atoms with Crippen LogP contribution in [0.4, 0.5) is 5.69 Å². The third-order valence-electron chi connectivity index (χ3n) is 3.50. The number of carboxylic acids is 1. The van der Waals surface area contributed by atoms with E-state index in [0.29, 0.717) is 17.2 Å². The van der Waals surface area contributed by atoms with Crippen LogP contribution in [0.5, 0.6) is 0 Å². The monoisotopic (exact) mass is 359 g/mol. The van der Waals surface area contributed by atoms with Gasteiger partial charge >= 0.3 is 5.97 Å². The second-order valence-corrected chi connectivity index (χ2v) is 6.52. The number of thioether (sulfide) groups is 1. The quantitative estimate of drug-likeness (QED) is 0.668. The van der Waals surface area contributed by atoms with Crippen molar-refractivity contribution in [2.24, 2.45) is 0 Å². The van der Waals surface area contributed by atoms with Crippen molar-refractivity contribution in [2.45, 2.75) is 18.3 Å². The molecule has 0 saturated heterocycles. The molecule has 0 aliphatic rings. The molecular weight excluding hydrogens is 338 g/mol. The highest BCUT2D eigenvalue weighted by Gasteiger charge is 2.19. The molecule has 0 heterocycles. The fourth-order valence-electron chi connectivity index (χ4n) is 2.32. The molecule has 6 heteroatoms. The summed E-state index contributed by atoms with van der Waals surface area (Å²) in [6.45, 7) is 0. The molecule has 0 aliphatic carbocycles. The van der Waals surface area contributed by atoms with Gasteiger partial charge in [0.1, 0.15) is 0 Å². The number of hydrogen-bond acceptors (Lipinski definition) is 4. The molecule has 0 aromatic heterocycles. The molecular formula is C19H21NO4S. The van der Waals surface area contributed by atoms with E-state index in [2.05, 4.69) is 5.32 Å². The Hall–Kier alpha value is -2.31. The molecule has 0 unspecified atom stereocenters. The SMILES string of the molecule is CO[C@@H](C(=O)Nc1cccc(CSCCC(=O)O)c1)c1ccccc1. The van der Waals surface area contributed by atoms with E-state index in [1.54, 1.807) is 11.8 Å². The Balaban J connectivity index is 1.96. The van der Waals surface area contributed by atoms with Gasteiger partial charge in [0, 0.05) is 24.3 Å². The van der Waals surface area contributed by atoms with Crippen LogP contribution in [-0.4, -0.2) is 29.8 Å². The van der Waals surface area contributed by atoms with Crippen molar-refractivity contribution < 1.29 is 19.4 Å². The van der Waals surface area contributed by atoms with Crippen molar-refractivity contribution in [1.82, 2.24) is 0 Å². The van der Waals surface area contributed by atoms with Crippen molar-refractivity contribution in [3.8, 4) is 0 Å². The lowest BCUT2D eigenvalue weighted by Gasteiger charge is -2.16. The number of carbonyl (C=O) groups is 2. The summed E-state index contributed by atoms with van der Waals surface area (Å²) in [6.07, 6.45) is -0.525. The summed E-state index contributed by atoms with van der Waals surface area (Å²) in [7, 11) is 1.51. The standard InChI is InChI=1S/C19H21NO4S/c1-24-18(15-7-3-2-4-8-15)19(23)20-16-9-5-6-14(12-16)13-25-11-10-17(21)22/h2-9,12,18H,10-11,13H2,1H3,(H,20,23)(H,21,22)/t18-/m1/s1. The van der Waals surface area contributed by atoms with Crippen LogP contribution in [0.3, 0.4) is 0 Å². The van der Waals surface area contributed by atoms with Gasteiger partial charge in [-0.25, -0.2) is 0 Å². The lowest BCUT2D eigenvalue weighted by Crippen LogP contribution is -2.22. The van der Waals surface area contributed by atoms with Crippen LogP contribution in [0.15, 0.2) is 54.6 Å². The first-order valence-electron chi connectivity index (χ1n) is 7.87. The number of ether oxygens (including phenoxy) is 1. The van der Waals surface area contributed by atoms with Crippen LogP contribution in [0.2, 0.25) is 0 Å². The minimum atomic E-state index is -0.792. The molecule has 0 aliphatic heterocycles. The summed E-state index contributed by atoms with van der Waals surface area (Å²) in [5, 5.41) is 11.5. The molecule has 0 saturated carbocycles. The van der Waals surface area contributed by atoms with Crippen LogP contribution in [0.1, 0.15) is 23.7 Å². The molecule has 0 bridgehead atoms. The van der Waals surface area contributed by atoms with Gasteiger partial charge < -0.3 is 15.2 Å². The Bertz CT molecular complexity index is 706. The van der Waals surface area contributed by atoms with E-state index in [1.165, 1.54) is 7.11 Å². The van der Waals surface area contributed by atoms with Gasteiger partial charge in [-0.1, -0.05) is 42.5 Å². The molecule has 0 spiro atoms. The molecule has 0 radical (unpaired) electrons. The molecule has 1 atom stereocenters. The van der Waals surface area contributed by atoms with E-state index in [4.69, 9.17) is 9.84 Å². The molecule has 1 amide bonds. The summed E-state index contributed by atoms with van der Waals surface area (Å²) in [6, 6.07) is 16.9. The van der Waals surface area contributed by atoms with Gasteiger partial charge in [-0.3, -0.25) is 9.59 Å². The smallest absolute Gasteiger partial charge is 0.304 e. The van der Waals surface area contributed by atoms with Crippen molar-refractivity contribution in [2.75, 3.05) is 18.2 Å². The topological polar surface area (TPSA) is 75.6 Å². The minimum absolute atomic E-state index is 0.147. The number of anilines is 1. The predicted octanol–water partition coefficient (Wildman–Crippen LogP) is 3.72. The number of carbonyl (C=O) groups excluding carboxylic acids is 1. The Morgan fingerprint density at radius 1 is 1.16 bits per heavy atom. The predicted molar refractivity (Wildman–Crippen MR) is 99.7 cm³/mol. The van der Waals surface area contributed by atoms with E-state index in [1.807, 2.05) is 54.6 Å². The van der Waals surface area contributed by atoms with Gasteiger partial charge in [0.15, 0.2) is 6.10 Å². The molecule has 2 rings (SSSR count). The first-order chi connectivity index (χ1) is 12.1. The number of amides is 1. The average molecular weight is 359 g/mol. The Kier molecular flexibility index (Phi) is 7.50. The molecule has 2 N–H and O–H groups in total. The number of aliphatic carboxylic acids is 1. The van der Waals surface area contributed by atoms with Gasteiger partial charge in [-0.2, -0.15) is 11.8 Å². The van der Waals surface area contributed by atoms with Gasteiger partial charge in [0.05, 0.1) is 6.42 Å². The highest BCUT2D eigenvalue weighted by atomic mass is 32.2. The van der Waals surface area contributed by atoms with E-state index < -0.39 is 12.1 Å². The van der Waals surface area contributed by atoms with Gasteiger partial charge in [-0.15, -0.1) is 0 Å². The highest BCUT2D eigenvalue weighted by Crippen LogP contribution is 2.21. The lowest BCUT2D eigenvalue weighted by atomic mass is 10.1. The first kappa shape index (κ1) is 19.0. The van der Waals surface area contributed by atoms with Gasteiger partial charge in [0.25, 0.3) is 5.91 Å². The first-order valence-corrected chi connectivity index (χ1v) is 9.02. The summed E-state index contributed by atoms with van der Waals surface area (Å²) >= 11 is 1.55. The zero-order valence-electron chi connectivity index (χ0n) is 14.0. The molecule has 2 aromatic carbocycles. The third kappa shape index (κ3) is 6.25. The van der Waals surface area contributed by atoms with Crippen LogP contribution < -0.4 is 5.32 Å². The Morgan fingerprint density at radius 2 is 1.92 bits per heavy atom. The maximum Gasteiger partial charge on any atom is 0.304 e. The van der Waals surface area contributed by atoms with Crippen LogP contribution >= 0.6 is 11.8 Å². The fourth-order valence-corrected chi connectivity index (χ4v) is 3.20. The van der Waals surface area contributed by atoms with E-state index in [-0.39, 0.29) is 12.3 Å². The summed E-state index contributed by atoms with van der Waals surface area (Å²) in [5.74, 6) is 0.235. The number of carboxylic acid groups (broad SMARTS) is 1. The normalized spacial score (nSPS) is 11.7. The van der Waals surface area contributed by atoms with Crippen LogP contribution in [0.25, 0.3) is 0 Å². The molecule has 25 heavy (non-hydrogen) atoms. The van der Waals surface area contributed by atoms with Crippen molar-refractivity contribution in [3.63, 3.8) is 0 Å². The zero-order valence-corrected chi connectivity index (χ0v) is 14.8. The lowest BCUT2D eigenvalue weighted by molar-refractivity contribution is -0.136. The average Bonchev–Trinajstić information content (AvgIpc) is 2.60. The largest absolute Gasteiger partial charge is 0.481 e. The summed E-state index contributed by atoms with van der Waals surface area (Å²) < 4.78 is 5.33. The number of hydrogen-bond donors (Lipinski definition) is 2. The minimum Gasteiger partial charge on any atom is -0.481 e. The van der Waals surface area contributed by atoms with Crippen molar-refractivity contribution in [3.05, 3.63) is 65.7 Å². The molecule has 0 fully saturated rings. The summed E-state index contributed by atoms with van der Waals surface area (Å²) in [5.41, 5.74) is 2.52. The van der Waals surface area contributed by atoms with E-state index in [0.717, 1.165) is 11.1 Å².